The van der Waals surface area contributed by atoms with Crippen LogP contribution in [0.5, 0.6) is 5.75 Å². The SMILES string of the molecule is COc1ccc(C2[C@@]3(C(=O)N(c4ccccc4)N=C3C)[C@@]23C(=O)Nc2cccc(Cl)c23)cc1. The van der Waals surface area contributed by atoms with E-state index in [1.807, 2.05) is 67.6 Å². The number of halogens is 1. The maximum Gasteiger partial charge on any atom is 0.261 e. The molecule has 1 N–H and O–H groups in total. The van der Waals surface area contributed by atoms with Crippen LogP contribution in [0.1, 0.15) is 24.0 Å². The number of nitrogens with one attached hydrogen (secondary N) is 1. The van der Waals surface area contributed by atoms with Crippen LogP contribution in [-0.4, -0.2) is 24.6 Å². The van der Waals surface area contributed by atoms with Crippen molar-refractivity contribution in [1.29, 1.82) is 0 Å². The molecule has 0 radical (unpaired) electrons. The summed E-state index contributed by atoms with van der Waals surface area (Å²) in [6, 6.07) is 22.2. The molecular weight excluding hydrogens is 438 g/mol. The molecule has 2 spiro atoms. The number of anilines is 2. The second-order valence-electron chi connectivity index (χ2n) is 8.58. The van der Waals surface area contributed by atoms with Gasteiger partial charge < -0.3 is 10.1 Å². The van der Waals surface area contributed by atoms with Gasteiger partial charge in [0.15, 0.2) is 0 Å². The Labute approximate surface area is 195 Å². The van der Waals surface area contributed by atoms with E-state index in [9.17, 15) is 9.59 Å². The smallest absolute Gasteiger partial charge is 0.261 e. The van der Waals surface area contributed by atoms with E-state index < -0.39 is 16.7 Å². The molecule has 7 heteroatoms. The number of hydrogen-bond donors (Lipinski definition) is 1. The first-order valence-electron chi connectivity index (χ1n) is 10.7. The number of hydrazone groups is 1. The fourth-order valence-electron chi connectivity index (χ4n) is 5.91. The normalized spacial score (nSPS) is 27.1. The van der Waals surface area contributed by atoms with Crippen molar-refractivity contribution >= 4 is 40.5 Å². The minimum absolute atomic E-state index is 0.227. The summed E-state index contributed by atoms with van der Waals surface area (Å²) in [7, 11) is 1.60. The number of para-hydroxylation sites is 1. The summed E-state index contributed by atoms with van der Waals surface area (Å²) in [5.41, 5.74) is 1.07. The van der Waals surface area contributed by atoms with Crippen molar-refractivity contribution in [2.24, 2.45) is 10.5 Å². The van der Waals surface area contributed by atoms with Gasteiger partial charge >= 0.3 is 0 Å². The predicted octanol–water partition coefficient (Wildman–Crippen LogP) is 4.75. The van der Waals surface area contributed by atoms with Crippen molar-refractivity contribution < 1.29 is 14.3 Å². The average molecular weight is 458 g/mol. The maximum absolute atomic E-state index is 14.2. The first-order chi connectivity index (χ1) is 16.0. The summed E-state index contributed by atoms with van der Waals surface area (Å²) in [6.45, 7) is 1.83. The molecule has 0 saturated heterocycles. The van der Waals surface area contributed by atoms with Crippen LogP contribution < -0.4 is 15.1 Å². The molecule has 33 heavy (non-hydrogen) atoms. The van der Waals surface area contributed by atoms with Crippen LogP contribution >= 0.6 is 11.6 Å². The number of fused-ring (bicyclic) bond motifs is 3. The van der Waals surface area contributed by atoms with Gasteiger partial charge in [-0.15, -0.1) is 0 Å². The lowest BCUT2D eigenvalue weighted by Gasteiger charge is -2.18. The number of carbonyl (C=O) groups excluding carboxylic acids is 2. The zero-order valence-corrected chi connectivity index (χ0v) is 18.8. The van der Waals surface area contributed by atoms with Gasteiger partial charge in [-0.1, -0.05) is 48.0 Å². The van der Waals surface area contributed by atoms with Crippen LogP contribution in [0.3, 0.4) is 0 Å². The van der Waals surface area contributed by atoms with Crippen molar-refractivity contribution in [3.8, 4) is 5.75 Å². The highest BCUT2D eigenvalue weighted by Gasteiger charge is 2.90. The van der Waals surface area contributed by atoms with E-state index in [1.54, 1.807) is 19.2 Å². The lowest BCUT2D eigenvalue weighted by Crippen LogP contribution is -2.38. The second kappa shape index (κ2) is 6.68. The van der Waals surface area contributed by atoms with Gasteiger partial charge in [-0.25, -0.2) is 0 Å². The Balaban J connectivity index is 1.60. The molecule has 1 aliphatic carbocycles. The van der Waals surface area contributed by atoms with E-state index in [1.165, 1.54) is 5.01 Å². The number of amides is 2. The number of nitrogens with zero attached hydrogens (tertiary/aromatic N) is 2. The molecule has 3 aliphatic rings. The summed E-state index contributed by atoms with van der Waals surface area (Å²) in [4.78, 5) is 27.9. The molecule has 2 amide bonds. The molecule has 2 heterocycles. The lowest BCUT2D eigenvalue weighted by atomic mass is 9.84. The minimum atomic E-state index is -1.18. The van der Waals surface area contributed by atoms with Gasteiger partial charge in [-0.05, 0) is 48.9 Å². The molecule has 3 atom stereocenters. The summed E-state index contributed by atoms with van der Waals surface area (Å²) >= 11 is 6.69. The van der Waals surface area contributed by atoms with Gasteiger partial charge in [-0.2, -0.15) is 10.1 Å². The standard InChI is InChI=1S/C26H20ClN3O3/c1-15-25(24(32)30(29-15)17-7-4-3-5-8-17)22(16-11-13-18(33-2)14-12-16)26(25)21-19(27)9-6-10-20(21)28-23(26)31/h3-14,22H,1-2H3,(H,28,31)/t22?,25-,26+/m0/s1. The van der Waals surface area contributed by atoms with Crippen LogP contribution in [0.2, 0.25) is 5.02 Å². The third-order valence-corrected chi connectivity index (χ3v) is 7.53. The van der Waals surface area contributed by atoms with Gasteiger partial charge in [0.05, 0.1) is 18.5 Å². The zero-order valence-electron chi connectivity index (χ0n) is 18.0. The Bertz CT molecular complexity index is 1350. The van der Waals surface area contributed by atoms with Gasteiger partial charge in [0, 0.05) is 22.2 Å². The van der Waals surface area contributed by atoms with E-state index in [4.69, 9.17) is 16.3 Å². The molecule has 1 unspecified atom stereocenters. The first-order valence-corrected chi connectivity index (χ1v) is 11.1. The quantitative estimate of drug-likeness (QED) is 0.617. The van der Waals surface area contributed by atoms with Crippen LogP contribution in [0.4, 0.5) is 11.4 Å². The van der Waals surface area contributed by atoms with Crippen molar-refractivity contribution in [1.82, 2.24) is 0 Å². The molecule has 3 aromatic carbocycles. The maximum atomic E-state index is 14.2. The molecule has 164 valence electrons. The number of ether oxygens (including phenoxy) is 1. The van der Waals surface area contributed by atoms with E-state index >= 15 is 0 Å². The van der Waals surface area contributed by atoms with E-state index in [0.29, 0.717) is 33.4 Å². The first kappa shape index (κ1) is 20.0. The van der Waals surface area contributed by atoms with E-state index in [2.05, 4.69) is 10.4 Å². The van der Waals surface area contributed by atoms with Crippen LogP contribution in [-0.2, 0) is 15.0 Å². The summed E-state index contributed by atoms with van der Waals surface area (Å²) in [5.74, 6) is -0.216. The molecule has 1 saturated carbocycles. The van der Waals surface area contributed by atoms with Crippen LogP contribution in [0.15, 0.2) is 77.9 Å². The third kappa shape index (κ3) is 2.26. The van der Waals surface area contributed by atoms with Crippen LogP contribution in [0.25, 0.3) is 0 Å². The number of hydrogen-bond acceptors (Lipinski definition) is 4. The molecule has 1 fully saturated rings. The number of methoxy groups -OCH3 is 1. The predicted molar refractivity (Wildman–Crippen MR) is 127 cm³/mol. The number of rotatable bonds is 3. The molecule has 6 rings (SSSR count). The molecular formula is C26H20ClN3O3. The Kier molecular flexibility index (Phi) is 4.05. The Hall–Kier alpha value is -3.64. The largest absolute Gasteiger partial charge is 0.497 e. The summed E-state index contributed by atoms with van der Waals surface area (Å²) < 4.78 is 5.32. The minimum Gasteiger partial charge on any atom is -0.497 e. The Morgan fingerprint density at radius 1 is 0.970 bits per heavy atom. The number of carbonyl (C=O) groups is 2. The van der Waals surface area contributed by atoms with Gasteiger partial charge in [-0.3, -0.25) is 9.59 Å². The van der Waals surface area contributed by atoms with Crippen molar-refractivity contribution in [2.45, 2.75) is 18.3 Å². The van der Waals surface area contributed by atoms with Gasteiger partial charge in [0.25, 0.3) is 5.91 Å². The fraction of sp³-hybridized carbons (Fsp3) is 0.192. The van der Waals surface area contributed by atoms with Crippen LogP contribution in [0, 0.1) is 5.41 Å². The summed E-state index contributed by atoms with van der Waals surface area (Å²) in [5, 5.41) is 9.54. The molecule has 3 aromatic rings. The molecule has 2 aliphatic heterocycles. The molecule has 0 aromatic heterocycles. The topological polar surface area (TPSA) is 71.0 Å². The monoisotopic (exact) mass is 457 g/mol. The highest BCUT2D eigenvalue weighted by molar-refractivity contribution is 6.37. The Morgan fingerprint density at radius 3 is 2.39 bits per heavy atom. The highest BCUT2D eigenvalue weighted by atomic mass is 35.5. The average Bonchev–Trinajstić information content (AvgIpc) is 3.25. The molecule has 6 nitrogen and oxygen atoms in total. The number of benzene rings is 3. The van der Waals surface area contributed by atoms with E-state index in [-0.39, 0.29) is 11.8 Å². The summed E-state index contributed by atoms with van der Waals surface area (Å²) in [6.07, 6.45) is 0. The lowest BCUT2D eigenvalue weighted by molar-refractivity contribution is -0.125. The van der Waals surface area contributed by atoms with Crippen molar-refractivity contribution in [3.63, 3.8) is 0 Å². The van der Waals surface area contributed by atoms with Crippen molar-refractivity contribution in [2.75, 3.05) is 17.4 Å². The van der Waals surface area contributed by atoms with Gasteiger partial charge in [0.1, 0.15) is 16.6 Å². The van der Waals surface area contributed by atoms with E-state index in [0.717, 1.165) is 5.56 Å². The zero-order chi connectivity index (χ0) is 23.0. The fourth-order valence-corrected chi connectivity index (χ4v) is 6.24. The third-order valence-electron chi connectivity index (χ3n) is 7.22. The van der Waals surface area contributed by atoms with Gasteiger partial charge in [0.2, 0.25) is 5.91 Å². The highest BCUT2D eigenvalue weighted by Crippen LogP contribution is 2.80. The van der Waals surface area contributed by atoms with Crippen molar-refractivity contribution in [3.05, 3.63) is 88.9 Å². The second-order valence-corrected chi connectivity index (χ2v) is 8.98. The molecule has 0 bridgehead atoms. The Morgan fingerprint density at radius 2 is 1.70 bits per heavy atom.